The van der Waals surface area contributed by atoms with Crippen molar-refractivity contribution < 1.29 is 19.1 Å². The van der Waals surface area contributed by atoms with Crippen LogP contribution in [0.4, 0.5) is 0 Å². The molecule has 0 aliphatic carbocycles. The lowest BCUT2D eigenvalue weighted by atomic mass is 10.2. The molecule has 5 nitrogen and oxygen atoms in total. The van der Waals surface area contributed by atoms with E-state index in [0.29, 0.717) is 6.61 Å². The number of carbonyl (C=O) groups is 2. The third-order valence-corrected chi connectivity index (χ3v) is 1.47. The minimum absolute atomic E-state index is 0.143. The van der Waals surface area contributed by atoms with Crippen molar-refractivity contribution in [2.75, 3.05) is 13.7 Å². The molecule has 0 saturated carbocycles. The average molecular weight is 189 g/mol. The number of hydrogen-bond acceptors (Lipinski definition) is 5. The number of rotatable bonds is 5. The van der Waals surface area contributed by atoms with Gasteiger partial charge in [0.25, 0.3) is 0 Å². The maximum absolute atomic E-state index is 10.8. The number of esters is 2. The zero-order valence-electron chi connectivity index (χ0n) is 7.91. The van der Waals surface area contributed by atoms with Crippen molar-refractivity contribution in [2.24, 2.45) is 5.73 Å². The molecule has 0 spiro atoms. The quantitative estimate of drug-likeness (QED) is 0.607. The number of hydrogen-bond donors (Lipinski definition) is 1. The zero-order chi connectivity index (χ0) is 10.3. The lowest BCUT2D eigenvalue weighted by molar-refractivity contribution is -0.144. The van der Waals surface area contributed by atoms with Crippen LogP contribution in [-0.4, -0.2) is 31.7 Å². The normalized spacial score (nSPS) is 11.9. The van der Waals surface area contributed by atoms with Gasteiger partial charge in [0.05, 0.1) is 13.7 Å². The molecule has 0 rings (SSSR count). The van der Waals surface area contributed by atoms with Crippen LogP contribution in [0.1, 0.15) is 19.8 Å². The molecule has 0 radical (unpaired) electrons. The van der Waals surface area contributed by atoms with Gasteiger partial charge in [0.15, 0.2) is 0 Å². The van der Waals surface area contributed by atoms with Gasteiger partial charge in [-0.1, -0.05) is 0 Å². The summed E-state index contributed by atoms with van der Waals surface area (Å²) in [6.45, 7) is 2.06. The van der Waals surface area contributed by atoms with E-state index in [1.807, 2.05) is 0 Å². The van der Waals surface area contributed by atoms with E-state index < -0.39 is 12.0 Å². The van der Waals surface area contributed by atoms with Crippen LogP contribution in [0.3, 0.4) is 0 Å². The van der Waals surface area contributed by atoms with Gasteiger partial charge < -0.3 is 15.2 Å². The molecule has 0 aliphatic rings. The maximum Gasteiger partial charge on any atom is 0.322 e. The van der Waals surface area contributed by atoms with Crippen LogP contribution in [0.25, 0.3) is 0 Å². The lowest BCUT2D eigenvalue weighted by Gasteiger charge is -2.07. The number of methoxy groups -OCH3 is 1. The summed E-state index contributed by atoms with van der Waals surface area (Å²) in [7, 11) is 1.26. The molecule has 0 aromatic heterocycles. The summed E-state index contributed by atoms with van der Waals surface area (Å²) < 4.78 is 9.05. The van der Waals surface area contributed by atoms with Crippen LogP contribution < -0.4 is 5.73 Å². The monoisotopic (exact) mass is 189 g/mol. The molecule has 0 aromatic carbocycles. The Morgan fingerprint density at radius 1 is 1.46 bits per heavy atom. The van der Waals surface area contributed by atoms with Gasteiger partial charge in [0, 0.05) is 6.42 Å². The minimum atomic E-state index is -0.741. The van der Waals surface area contributed by atoms with E-state index in [-0.39, 0.29) is 18.8 Å². The van der Waals surface area contributed by atoms with E-state index in [4.69, 9.17) is 5.73 Å². The zero-order valence-corrected chi connectivity index (χ0v) is 7.91. The second-order valence-corrected chi connectivity index (χ2v) is 2.47. The fourth-order valence-corrected chi connectivity index (χ4v) is 0.776. The van der Waals surface area contributed by atoms with Crippen molar-refractivity contribution in [3.63, 3.8) is 0 Å². The third-order valence-electron chi connectivity index (χ3n) is 1.47. The molecule has 13 heavy (non-hydrogen) atoms. The molecule has 76 valence electrons. The third kappa shape index (κ3) is 5.19. The highest BCUT2D eigenvalue weighted by atomic mass is 16.5. The van der Waals surface area contributed by atoms with Crippen molar-refractivity contribution in [3.8, 4) is 0 Å². The molecule has 1 unspecified atom stereocenters. The molecule has 0 saturated heterocycles. The Labute approximate surface area is 77.2 Å². The van der Waals surface area contributed by atoms with Crippen molar-refractivity contribution in [3.05, 3.63) is 0 Å². The largest absolute Gasteiger partial charge is 0.468 e. The molecular weight excluding hydrogens is 174 g/mol. The van der Waals surface area contributed by atoms with Gasteiger partial charge in [-0.05, 0) is 13.3 Å². The van der Waals surface area contributed by atoms with Gasteiger partial charge in [-0.3, -0.25) is 9.59 Å². The molecule has 0 fully saturated rings. The highest BCUT2D eigenvalue weighted by molar-refractivity contribution is 5.76. The first-order valence-corrected chi connectivity index (χ1v) is 4.10. The summed E-state index contributed by atoms with van der Waals surface area (Å²) in [6, 6.07) is -0.741. The van der Waals surface area contributed by atoms with Crippen LogP contribution in [0.2, 0.25) is 0 Å². The Hall–Kier alpha value is -1.10. The first-order chi connectivity index (χ1) is 6.11. The fourth-order valence-electron chi connectivity index (χ4n) is 0.776. The fraction of sp³-hybridized carbons (Fsp3) is 0.750. The van der Waals surface area contributed by atoms with Gasteiger partial charge in [0.1, 0.15) is 6.04 Å². The number of carbonyl (C=O) groups excluding carboxylic acids is 2. The predicted octanol–water partition coefficient (Wildman–Crippen LogP) is -0.170. The highest BCUT2D eigenvalue weighted by Gasteiger charge is 2.15. The molecule has 5 heteroatoms. The second-order valence-electron chi connectivity index (χ2n) is 2.47. The van der Waals surface area contributed by atoms with Crippen molar-refractivity contribution in [1.29, 1.82) is 0 Å². The van der Waals surface area contributed by atoms with Crippen LogP contribution in [0.5, 0.6) is 0 Å². The number of ether oxygens (including phenoxy) is 2. The summed E-state index contributed by atoms with van der Waals surface area (Å²) in [6.07, 6.45) is 0.398. The van der Waals surface area contributed by atoms with Crippen LogP contribution in [0, 0.1) is 0 Å². The van der Waals surface area contributed by atoms with E-state index in [2.05, 4.69) is 9.47 Å². The van der Waals surface area contributed by atoms with Crippen molar-refractivity contribution in [2.45, 2.75) is 25.8 Å². The maximum atomic E-state index is 10.8. The molecular formula is C8H15NO4. The second kappa shape index (κ2) is 6.42. The van der Waals surface area contributed by atoms with E-state index in [1.165, 1.54) is 7.11 Å². The predicted molar refractivity (Wildman–Crippen MR) is 45.9 cm³/mol. The first kappa shape index (κ1) is 11.9. The molecule has 0 aromatic rings. The molecule has 1 atom stereocenters. The van der Waals surface area contributed by atoms with Gasteiger partial charge >= 0.3 is 11.9 Å². The first-order valence-electron chi connectivity index (χ1n) is 4.10. The van der Waals surface area contributed by atoms with Crippen molar-refractivity contribution in [1.82, 2.24) is 0 Å². The molecule has 0 amide bonds. The number of nitrogens with two attached hydrogens (primary N) is 1. The summed E-state index contributed by atoms with van der Waals surface area (Å²) in [5.41, 5.74) is 5.39. The molecule has 0 heterocycles. The summed E-state index contributed by atoms with van der Waals surface area (Å²) in [5, 5.41) is 0. The Morgan fingerprint density at radius 2 is 2.08 bits per heavy atom. The van der Waals surface area contributed by atoms with E-state index in [9.17, 15) is 9.59 Å². The standard InChI is InChI=1S/C8H15NO4/c1-3-13-7(10)5-4-6(9)8(11)12-2/h6H,3-5,9H2,1-2H3. The SMILES string of the molecule is CCOC(=O)CCC(N)C(=O)OC. The van der Waals surface area contributed by atoms with Crippen molar-refractivity contribution >= 4 is 11.9 Å². The Morgan fingerprint density at radius 3 is 2.54 bits per heavy atom. The Kier molecular flexibility index (Phi) is 5.88. The topological polar surface area (TPSA) is 78.6 Å². The highest BCUT2D eigenvalue weighted by Crippen LogP contribution is 1.98. The summed E-state index contributed by atoms with van der Waals surface area (Å²) in [4.78, 5) is 21.6. The van der Waals surface area contributed by atoms with E-state index >= 15 is 0 Å². The average Bonchev–Trinajstić information content (AvgIpc) is 2.13. The van der Waals surface area contributed by atoms with Gasteiger partial charge in [-0.15, -0.1) is 0 Å². The molecule has 0 aliphatic heterocycles. The smallest absolute Gasteiger partial charge is 0.322 e. The van der Waals surface area contributed by atoms with Crippen LogP contribution in [-0.2, 0) is 19.1 Å². The van der Waals surface area contributed by atoms with Gasteiger partial charge in [-0.2, -0.15) is 0 Å². The molecule has 0 bridgehead atoms. The van der Waals surface area contributed by atoms with Crippen LogP contribution >= 0.6 is 0 Å². The minimum Gasteiger partial charge on any atom is -0.468 e. The van der Waals surface area contributed by atoms with Gasteiger partial charge in [0.2, 0.25) is 0 Å². The molecule has 2 N–H and O–H groups in total. The van der Waals surface area contributed by atoms with Gasteiger partial charge in [-0.25, -0.2) is 0 Å². The van der Waals surface area contributed by atoms with E-state index in [1.54, 1.807) is 6.92 Å². The Balaban J connectivity index is 3.63. The lowest BCUT2D eigenvalue weighted by Crippen LogP contribution is -2.32. The van der Waals surface area contributed by atoms with Crippen LogP contribution in [0.15, 0.2) is 0 Å². The summed E-state index contributed by atoms with van der Waals surface area (Å²) in [5.74, 6) is -0.855. The van der Waals surface area contributed by atoms with E-state index in [0.717, 1.165) is 0 Å². The Bertz CT molecular complexity index is 181. The summed E-state index contributed by atoms with van der Waals surface area (Å²) >= 11 is 0.